The molecule has 0 radical (unpaired) electrons. The Morgan fingerprint density at radius 3 is 3.06 bits per heavy atom. The molecule has 2 N–H and O–H groups in total. The van der Waals surface area contributed by atoms with E-state index in [0.29, 0.717) is 5.92 Å². The Balaban J connectivity index is 1.57. The quantitative estimate of drug-likeness (QED) is 0.782. The van der Waals surface area contributed by atoms with Gasteiger partial charge in [-0.3, -0.25) is 10.00 Å². The molecule has 3 rings (SSSR count). The maximum Gasteiger partial charge on any atom is 0.137 e. The van der Waals surface area contributed by atoms with Gasteiger partial charge in [-0.1, -0.05) is 0 Å². The molecule has 1 aromatic rings. The van der Waals surface area contributed by atoms with Crippen LogP contribution in [0.15, 0.2) is 6.33 Å². The minimum Gasteiger partial charge on any atom is -0.389 e. The highest BCUT2D eigenvalue weighted by atomic mass is 16.3. The van der Waals surface area contributed by atoms with Gasteiger partial charge in [0, 0.05) is 19.0 Å². The van der Waals surface area contributed by atoms with E-state index in [2.05, 4.69) is 20.1 Å². The molecular formula is C11H18N4O. The van der Waals surface area contributed by atoms with Crippen LogP contribution in [-0.2, 0) is 0 Å². The van der Waals surface area contributed by atoms with E-state index in [9.17, 15) is 5.11 Å². The van der Waals surface area contributed by atoms with Crippen LogP contribution in [0.2, 0.25) is 0 Å². The summed E-state index contributed by atoms with van der Waals surface area (Å²) < 4.78 is 0. The number of nitrogens with one attached hydrogen (secondary N) is 1. The van der Waals surface area contributed by atoms with Crippen LogP contribution in [-0.4, -0.2) is 50.4 Å². The van der Waals surface area contributed by atoms with Gasteiger partial charge >= 0.3 is 0 Å². The Labute approximate surface area is 94.9 Å². The second kappa shape index (κ2) is 3.82. The second-order valence-electron chi connectivity index (χ2n) is 5.17. The number of aliphatic hydroxyl groups is 1. The number of rotatable bonds is 3. The van der Waals surface area contributed by atoms with Gasteiger partial charge < -0.3 is 5.11 Å². The van der Waals surface area contributed by atoms with Crippen LogP contribution in [0, 0.1) is 0 Å². The topological polar surface area (TPSA) is 65.0 Å². The monoisotopic (exact) mass is 222 g/mol. The zero-order valence-corrected chi connectivity index (χ0v) is 9.39. The van der Waals surface area contributed by atoms with Gasteiger partial charge in [0.05, 0.1) is 5.60 Å². The van der Waals surface area contributed by atoms with Crippen molar-refractivity contribution >= 4 is 0 Å². The van der Waals surface area contributed by atoms with E-state index in [4.69, 9.17) is 0 Å². The molecule has 1 aromatic heterocycles. The largest absolute Gasteiger partial charge is 0.389 e. The van der Waals surface area contributed by atoms with Crippen molar-refractivity contribution in [2.75, 3.05) is 19.6 Å². The molecule has 16 heavy (non-hydrogen) atoms. The van der Waals surface area contributed by atoms with Crippen LogP contribution in [0.1, 0.15) is 37.4 Å². The fraction of sp³-hybridized carbons (Fsp3) is 0.818. The van der Waals surface area contributed by atoms with Gasteiger partial charge in [0.1, 0.15) is 12.2 Å². The molecule has 5 heteroatoms. The van der Waals surface area contributed by atoms with E-state index < -0.39 is 5.60 Å². The summed E-state index contributed by atoms with van der Waals surface area (Å²) in [6.07, 6.45) is 5.80. The van der Waals surface area contributed by atoms with E-state index in [1.54, 1.807) is 6.33 Å². The third-order valence-electron chi connectivity index (χ3n) is 3.89. The van der Waals surface area contributed by atoms with Gasteiger partial charge in [-0.2, -0.15) is 5.10 Å². The van der Waals surface area contributed by atoms with E-state index in [1.807, 2.05) is 0 Å². The minimum atomic E-state index is -0.393. The van der Waals surface area contributed by atoms with Crippen molar-refractivity contribution in [1.29, 1.82) is 0 Å². The molecular weight excluding hydrogens is 204 g/mol. The first-order chi connectivity index (χ1) is 7.75. The number of nitrogens with zero attached hydrogens (tertiary/aromatic N) is 3. The molecule has 1 unspecified atom stereocenters. The first kappa shape index (κ1) is 10.2. The van der Waals surface area contributed by atoms with Crippen molar-refractivity contribution in [3.05, 3.63) is 12.2 Å². The maximum absolute atomic E-state index is 10.1. The fourth-order valence-electron chi connectivity index (χ4n) is 2.77. The van der Waals surface area contributed by atoms with Crippen molar-refractivity contribution < 1.29 is 5.11 Å². The summed E-state index contributed by atoms with van der Waals surface area (Å²) in [4.78, 5) is 6.56. The maximum atomic E-state index is 10.1. The predicted octanol–water partition coefficient (Wildman–Crippen LogP) is 0.509. The molecule has 1 aliphatic carbocycles. The molecule has 5 nitrogen and oxygen atoms in total. The summed E-state index contributed by atoms with van der Waals surface area (Å²) in [7, 11) is 0. The summed E-state index contributed by atoms with van der Waals surface area (Å²) in [6, 6.07) is 0. The number of aromatic nitrogens is 3. The lowest BCUT2D eigenvalue weighted by molar-refractivity contribution is -0.0549. The molecule has 88 valence electrons. The number of hydrogen-bond acceptors (Lipinski definition) is 4. The molecule has 1 atom stereocenters. The van der Waals surface area contributed by atoms with Gasteiger partial charge in [0.15, 0.2) is 0 Å². The van der Waals surface area contributed by atoms with Crippen molar-refractivity contribution in [3.8, 4) is 0 Å². The SMILES string of the molecule is OC1(CN2CCC(c3ncn[nH]3)C2)CCC1. The first-order valence-corrected chi connectivity index (χ1v) is 6.05. The minimum absolute atomic E-state index is 0.393. The molecule has 2 aliphatic rings. The van der Waals surface area contributed by atoms with Crippen LogP contribution in [0.5, 0.6) is 0 Å². The van der Waals surface area contributed by atoms with Crippen LogP contribution in [0.25, 0.3) is 0 Å². The molecule has 0 amide bonds. The van der Waals surface area contributed by atoms with Crippen molar-refractivity contribution in [2.45, 2.75) is 37.2 Å². The van der Waals surface area contributed by atoms with Crippen LogP contribution < -0.4 is 0 Å². The Morgan fingerprint density at radius 2 is 2.44 bits per heavy atom. The van der Waals surface area contributed by atoms with Crippen LogP contribution in [0.3, 0.4) is 0 Å². The lowest BCUT2D eigenvalue weighted by atomic mass is 9.80. The fourth-order valence-corrected chi connectivity index (χ4v) is 2.77. The zero-order chi connectivity index (χ0) is 11.0. The number of likely N-dealkylation sites (tertiary alicyclic amines) is 1. The molecule has 2 fully saturated rings. The Morgan fingerprint density at radius 1 is 1.56 bits per heavy atom. The Kier molecular flexibility index (Phi) is 2.44. The third kappa shape index (κ3) is 1.85. The van der Waals surface area contributed by atoms with Crippen LogP contribution >= 0.6 is 0 Å². The van der Waals surface area contributed by atoms with Gasteiger partial charge in [-0.15, -0.1) is 0 Å². The Hall–Kier alpha value is -0.940. The summed E-state index contributed by atoms with van der Waals surface area (Å²) in [5, 5.41) is 16.9. The van der Waals surface area contributed by atoms with Gasteiger partial charge in [0.25, 0.3) is 0 Å². The lowest BCUT2D eigenvalue weighted by Crippen LogP contribution is -2.47. The second-order valence-corrected chi connectivity index (χ2v) is 5.17. The molecule has 1 saturated heterocycles. The molecule has 0 aromatic carbocycles. The lowest BCUT2D eigenvalue weighted by Gasteiger charge is -2.39. The van der Waals surface area contributed by atoms with Gasteiger partial charge in [-0.05, 0) is 32.2 Å². The third-order valence-corrected chi connectivity index (χ3v) is 3.89. The van der Waals surface area contributed by atoms with Gasteiger partial charge in [-0.25, -0.2) is 4.98 Å². The molecule has 1 saturated carbocycles. The normalized spacial score (nSPS) is 29.2. The van der Waals surface area contributed by atoms with E-state index in [0.717, 1.165) is 44.7 Å². The molecule has 1 aliphatic heterocycles. The number of aromatic amines is 1. The summed E-state index contributed by atoms with van der Waals surface area (Å²) in [6.45, 7) is 2.89. The van der Waals surface area contributed by atoms with E-state index in [1.165, 1.54) is 6.42 Å². The summed E-state index contributed by atoms with van der Waals surface area (Å²) in [5.41, 5.74) is -0.393. The molecule has 2 heterocycles. The standard InChI is InChI=1S/C11H18N4O/c16-11(3-1-4-11)7-15-5-2-9(6-15)10-12-8-13-14-10/h8-9,16H,1-7H2,(H,12,13,14). The van der Waals surface area contributed by atoms with E-state index in [-0.39, 0.29) is 0 Å². The predicted molar refractivity (Wildman–Crippen MR) is 59.0 cm³/mol. The zero-order valence-electron chi connectivity index (χ0n) is 9.39. The van der Waals surface area contributed by atoms with E-state index >= 15 is 0 Å². The first-order valence-electron chi connectivity index (χ1n) is 6.05. The molecule has 0 bridgehead atoms. The van der Waals surface area contributed by atoms with Crippen molar-refractivity contribution in [1.82, 2.24) is 20.1 Å². The average molecular weight is 222 g/mol. The number of hydrogen-bond donors (Lipinski definition) is 2. The highest BCUT2D eigenvalue weighted by molar-refractivity contribution is 5.00. The number of β-amino-alcohol motifs (C(OH)–C–C–N with tert-alkyl or cyclic N) is 1. The van der Waals surface area contributed by atoms with Crippen molar-refractivity contribution in [3.63, 3.8) is 0 Å². The smallest absolute Gasteiger partial charge is 0.137 e. The average Bonchev–Trinajstić information content (AvgIpc) is 2.83. The number of H-pyrrole nitrogens is 1. The summed E-state index contributed by atoms with van der Waals surface area (Å²) in [5.74, 6) is 1.45. The van der Waals surface area contributed by atoms with Crippen molar-refractivity contribution in [2.24, 2.45) is 0 Å². The van der Waals surface area contributed by atoms with Crippen LogP contribution in [0.4, 0.5) is 0 Å². The highest BCUT2D eigenvalue weighted by Gasteiger charge is 2.38. The molecule has 0 spiro atoms. The summed E-state index contributed by atoms with van der Waals surface area (Å²) >= 11 is 0. The Bertz CT molecular complexity index is 347. The highest BCUT2D eigenvalue weighted by Crippen LogP contribution is 2.34. The van der Waals surface area contributed by atoms with Gasteiger partial charge in [0.2, 0.25) is 0 Å².